The Morgan fingerprint density at radius 2 is 2.19 bits per heavy atom. The number of carbonyl (C=O) groups excluding carboxylic acids is 1. The minimum absolute atomic E-state index is 0.0331. The second-order valence-corrected chi connectivity index (χ2v) is 6.17. The molecule has 3 N–H and O–H groups in total. The van der Waals surface area contributed by atoms with Gasteiger partial charge in [0.1, 0.15) is 10.6 Å². The molecule has 7 heteroatoms. The smallest absolute Gasteiger partial charge is 0.267 e. The Morgan fingerprint density at radius 1 is 1.48 bits per heavy atom. The van der Waals surface area contributed by atoms with E-state index in [1.54, 1.807) is 25.1 Å². The Kier molecular flexibility index (Phi) is 4.69. The first kappa shape index (κ1) is 15.6. The van der Waals surface area contributed by atoms with E-state index < -0.39 is 0 Å². The third-order valence-corrected chi connectivity index (χ3v) is 3.85. The topological polar surface area (TPSA) is 77.2 Å². The molecule has 5 nitrogen and oxygen atoms in total. The summed E-state index contributed by atoms with van der Waals surface area (Å²) in [6.07, 6.45) is 0.0331. The van der Waals surface area contributed by atoms with Gasteiger partial charge in [0.05, 0.1) is 16.8 Å². The van der Waals surface area contributed by atoms with Crippen molar-refractivity contribution in [2.45, 2.75) is 26.9 Å². The second kappa shape index (κ2) is 6.32. The summed E-state index contributed by atoms with van der Waals surface area (Å²) in [5, 5.41) is 3.59. The predicted octanol–water partition coefficient (Wildman–Crippen LogP) is 3.73. The van der Waals surface area contributed by atoms with E-state index in [9.17, 15) is 4.79 Å². The Bertz CT molecular complexity index is 670. The number of ether oxygens (including phenoxy) is 1. The predicted molar refractivity (Wildman–Crippen MR) is 86.4 cm³/mol. The molecule has 0 radical (unpaired) electrons. The van der Waals surface area contributed by atoms with E-state index in [4.69, 9.17) is 22.1 Å². The third-order valence-electron chi connectivity index (χ3n) is 2.57. The highest BCUT2D eigenvalue weighted by molar-refractivity contribution is 7.17. The van der Waals surface area contributed by atoms with Gasteiger partial charge in [0.25, 0.3) is 5.91 Å². The maximum Gasteiger partial charge on any atom is 0.267 e. The van der Waals surface area contributed by atoms with Crippen molar-refractivity contribution in [3.63, 3.8) is 0 Å². The van der Waals surface area contributed by atoms with E-state index in [2.05, 4.69) is 10.3 Å². The molecular formula is C14H16ClN3O2S. The van der Waals surface area contributed by atoms with E-state index in [-0.39, 0.29) is 12.0 Å². The number of carbonyl (C=O) groups is 1. The normalized spacial score (nSPS) is 10.7. The van der Waals surface area contributed by atoms with Crippen LogP contribution in [0.4, 0.5) is 10.8 Å². The van der Waals surface area contributed by atoms with Crippen LogP contribution in [0.1, 0.15) is 29.2 Å². The zero-order valence-corrected chi connectivity index (χ0v) is 13.5. The van der Waals surface area contributed by atoms with Crippen molar-refractivity contribution in [2.24, 2.45) is 0 Å². The number of thiazole rings is 1. The van der Waals surface area contributed by atoms with Gasteiger partial charge in [-0.1, -0.05) is 22.9 Å². The zero-order chi connectivity index (χ0) is 15.6. The van der Waals surface area contributed by atoms with Gasteiger partial charge < -0.3 is 15.8 Å². The number of anilines is 2. The minimum atomic E-state index is -0.254. The standard InChI is InChI=1S/C14H16ClN3O2S/c1-7(2)20-11-5-4-9(6-10(11)15)18-13(19)12-8(3)17-14(16)21-12/h4-7H,1-3H3,(H2,16,17)(H,18,19). The molecule has 0 aliphatic rings. The third kappa shape index (κ3) is 3.86. The zero-order valence-electron chi connectivity index (χ0n) is 11.9. The number of amides is 1. The van der Waals surface area contributed by atoms with Gasteiger partial charge in [0.2, 0.25) is 0 Å². The summed E-state index contributed by atoms with van der Waals surface area (Å²) in [4.78, 5) is 16.7. The van der Waals surface area contributed by atoms with Crippen LogP contribution in [0.3, 0.4) is 0 Å². The fraction of sp³-hybridized carbons (Fsp3) is 0.286. The molecule has 2 aromatic rings. The molecule has 1 amide bonds. The number of nitrogens with two attached hydrogens (primary N) is 1. The lowest BCUT2D eigenvalue weighted by Crippen LogP contribution is -2.12. The molecule has 1 aromatic heterocycles. The number of aryl methyl sites for hydroxylation is 1. The largest absolute Gasteiger partial charge is 0.489 e. The van der Waals surface area contributed by atoms with E-state index in [0.29, 0.717) is 32.2 Å². The van der Waals surface area contributed by atoms with Crippen molar-refractivity contribution in [1.29, 1.82) is 0 Å². The van der Waals surface area contributed by atoms with Gasteiger partial charge in [-0.05, 0) is 39.0 Å². The second-order valence-electron chi connectivity index (χ2n) is 4.73. The first-order valence-corrected chi connectivity index (χ1v) is 7.56. The number of nitrogens with one attached hydrogen (secondary N) is 1. The molecule has 21 heavy (non-hydrogen) atoms. The summed E-state index contributed by atoms with van der Waals surface area (Å²) < 4.78 is 5.54. The molecule has 0 spiro atoms. The monoisotopic (exact) mass is 325 g/mol. The average molecular weight is 326 g/mol. The fourth-order valence-corrected chi connectivity index (χ4v) is 2.70. The molecule has 0 aliphatic heterocycles. The first-order chi connectivity index (χ1) is 9.86. The quantitative estimate of drug-likeness (QED) is 0.898. The summed E-state index contributed by atoms with van der Waals surface area (Å²) >= 11 is 7.29. The average Bonchev–Trinajstić information content (AvgIpc) is 2.71. The highest BCUT2D eigenvalue weighted by Crippen LogP contribution is 2.29. The lowest BCUT2D eigenvalue weighted by molar-refractivity contribution is 0.103. The number of hydrogen-bond acceptors (Lipinski definition) is 5. The van der Waals surface area contributed by atoms with Gasteiger partial charge in [-0.2, -0.15) is 0 Å². The van der Waals surface area contributed by atoms with Crippen LogP contribution in [0.15, 0.2) is 18.2 Å². The van der Waals surface area contributed by atoms with E-state index >= 15 is 0 Å². The van der Waals surface area contributed by atoms with Crippen LogP contribution in [0, 0.1) is 6.92 Å². The lowest BCUT2D eigenvalue weighted by atomic mass is 10.3. The Morgan fingerprint density at radius 3 is 2.71 bits per heavy atom. The Labute approximate surface area is 132 Å². The van der Waals surface area contributed by atoms with Crippen LogP contribution in [-0.2, 0) is 0 Å². The molecule has 0 unspecified atom stereocenters. The molecule has 0 aliphatic carbocycles. The van der Waals surface area contributed by atoms with Gasteiger partial charge in [0, 0.05) is 5.69 Å². The summed E-state index contributed by atoms with van der Waals surface area (Å²) in [6, 6.07) is 5.12. The van der Waals surface area contributed by atoms with Crippen LogP contribution in [0.25, 0.3) is 0 Å². The van der Waals surface area contributed by atoms with E-state index in [1.165, 1.54) is 0 Å². The van der Waals surface area contributed by atoms with E-state index in [1.807, 2.05) is 13.8 Å². The summed E-state index contributed by atoms with van der Waals surface area (Å²) in [5.74, 6) is 0.332. The fourth-order valence-electron chi connectivity index (χ4n) is 1.74. The van der Waals surface area contributed by atoms with Crippen LogP contribution in [0.2, 0.25) is 5.02 Å². The van der Waals surface area contributed by atoms with Crippen LogP contribution < -0.4 is 15.8 Å². The molecule has 1 aromatic carbocycles. The van der Waals surface area contributed by atoms with Gasteiger partial charge in [-0.15, -0.1) is 0 Å². The van der Waals surface area contributed by atoms with Crippen molar-refractivity contribution in [2.75, 3.05) is 11.1 Å². The molecule has 0 bridgehead atoms. The summed E-state index contributed by atoms with van der Waals surface area (Å²) in [7, 11) is 0. The van der Waals surface area contributed by atoms with Crippen molar-refractivity contribution in [1.82, 2.24) is 4.98 Å². The highest BCUT2D eigenvalue weighted by Gasteiger charge is 2.15. The van der Waals surface area contributed by atoms with Crippen LogP contribution >= 0.6 is 22.9 Å². The Hall–Kier alpha value is -1.79. The van der Waals surface area contributed by atoms with Crippen LogP contribution in [0.5, 0.6) is 5.75 Å². The molecule has 112 valence electrons. The summed E-state index contributed by atoms with van der Waals surface area (Å²) in [6.45, 7) is 5.58. The van der Waals surface area contributed by atoms with Gasteiger partial charge >= 0.3 is 0 Å². The molecule has 0 fully saturated rings. The number of nitrogen functional groups attached to an aromatic ring is 1. The van der Waals surface area contributed by atoms with E-state index in [0.717, 1.165) is 11.3 Å². The van der Waals surface area contributed by atoms with Crippen LogP contribution in [-0.4, -0.2) is 17.0 Å². The summed E-state index contributed by atoms with van der Waals surface area (Å²) in [5.41, 5.74) is 6.79. The lowest BCUT2D eigenvalue weighted by Gasteiger charge is -2.12. The maximum atomic E-state index is 12.2. The number of aromatic nitrogens is 1. The number of halogens is 1. The SMILES string of the molecule is Cc1nc(N)sc1C(=O)Nc1ccc(OC(C)C)c(Cl)c1. The molecule has 0 saturated carbocycles. The minimum Gasteiger partial charge on any atom is -0.489 e. The van der Waals surface area contributed by atoms with Crippen molar-refractivity contribution < 1.29 is 9.53 Å². The first-order valence-electron chi connectivity index (χ1n) is 6.37. The van der Waals surface area contributed by atoms with Crippen molar-refractivity contribution in [3.05, 3.63) is 33.8 Å². The van der Waals surface area contributed by atoms with Gasteiger partial charge in [0.15, 0.2) is 5.13 Å². The number of rotatable bonds is 4. The molecule has 0 atom stereocenters. The molecule has 0 saturated heterocycles. The number of benzene rings is 1. The van der Waals surface area contributed by atoms with Crippen molar-refractivity contribution >= 4 is 39.7 Å². The number of nitrogens with zero attached hydrogens (tertiary/aromatic N) is 1. The number of hydrogen-bond donors (Lipinski definition) is 2. The Balaban J connectivity index is 2.15. The van der Waals surface area contributed by atoms with Crippen molar-refractivity contribution in [3.8, 4) is 5.75 Å². The molecule has 2 rings (SSSR count). The van der Waals surface area contributed by atoms with Gasteiger partial charge in [-0.25, -0.2) is 4.98 Å². The molecular weight excluding hydrogens is 310 g/mol. The van der Waals surface area contributed by atoms with Gasteiger partial charge in [-0.3, -0.25) is 4.79 Å². The highest BCUT2D eigenvalue weighted by atomic mass is 35.5. The maximum absolute atomic E-state index is 12.2. The molecule has 1 heterocycles.